The van der Waals surface area contributed by atoms with Gasteiger partial charge in [0.15, 0.2) is 0 Å². The first-order valence-electron chi connectivity index (χ1n) is 18.7. The van der Waals surface area contributed by atoms with Crippen LogP contribution in [0.4, 0.5) is 0 Å². The van der Waals surface area contributed by atoms with Gasteiger partial charge in [0.25, 0.3) is 0 Å². The molecule has 0 bridgehead atoms. The van der Waals surface area contributed by atoms with E-state index in [0.29, 0.717) is 13.0 Å². The second kappa shape index (κ2) is 33.7. The predicted octanol–water partition coefficient (Wildman–Crippen LogP) is 8.70. The molecule has 45 heavy (non-hydrogen) atoms. The van der Waals surface area contributed by atoms with Gasteiger partial charge in [-0.25, -0.2) is 0 Å². The lowest BCUT2D eigenvalue weighted by atomic mass is 10.0. The summed E-state index contributed by atoms with van der Waals surface area (Å²) in [5, 5.41) is 8.86. The number of amides is 1. The SMILES string of the molecule is CCCCCCCCCCCCCCCCOCC(CN(CCOC(C)=O)C(=O)CCCCCCCCCCCO)OC(C)=O. The van der Waals surface area contributed by atoms with Gasteiger partial charge in [0.05, 0.1) is 19.7 Å². The molecule has 0 aromatic carbocycles. The van der Waals surface area contributed by atoms with E-state index in [1.54, 1.807) is 4.90 Å². The normalized spacial score (nSPS) is 11.8. The smallest absolute Gasteiger partial charge is 0.303 e. The number of ether oxygens (including phenoxy) is 3. The molecule has 8 nitrogen and oxygen atoms in total. The number of aliphatic hydroxyl groups is 1. The fourth-order valence-electron chi connectivity index (χ4n) is 5.62. The zero-order valence-corrected chi connectivity index (χ0v) is 29.6. The first-order chi connectivity index (χ1) is 21.9. The van der Waals surface area contributed by atoms with Gasteiger partial charge >= 0.3 is 11.9 Å². The van der Waals surface area contributed by atoms with Crippen LogP contribution in [-0.4, -0.2) is 73.5 Å². The topological polar surface area (TPSA) is 102 Å². The molecule has 1 unspecified atom stereocenters. The van der Waals surface area contributed by atoms with Crippen LogP contribution in [0.3, 0.4) is 0 Å². The van der Waals surface area contributed by atoms with Crippen molar-refractivity contribution in [1.29, 1.82) is 0 Å². The summed E-state index contributed by atoms with van der Waals surface area (Å²) in [5.74, 6) is -0.800. The van der Waals surface area contributed by atoms with E-state index in [9.17, 15) is 14.4 Å². The van der Waals surface area contributed by atoms with Crippen molar-refractivity contribution < 1.29 is 33.7 Å². The first-order valence-corrected chi connectivity index (χ1v) is 18.7. The fraction of sp³-hybridized carbons (Fsp3) is 0.919. The number of hydrogen-bond donors (Lipinski definition) is 1. The van der Waals surface area contributed by atoms with Crippen LogP contribution in [0, 0.1) is 0 Å². The average molecular weight is 642 g/mol. The maximum absolute atomic E-state index is 13.1. The monoisotopic (exact) mass is 642 g/mol. The Bertz CT molecular complexity index is 688. The van der Waals surface area contributed by atoms with Crippen LogP contribution in [0.25, 0.3) is 0 Å². The van der Waals surface area contributed by atoms with E-state index in [1.807, 2.05) is 0 Å². The molecule has 266 valence electrons. The van der Waals surface area contributed by atoms with E-state index in [4.69, 9.17) is 19.3 Å². The molecule has 1 atom stereocenters. The summed E-state index contributed by atoms with van der Waals surface area (Å²) < 4.78 is 16.5. The van der Waals surface area contributed by atoms with Gasteiger partial charge in [-0.15, -0.1) is 0 Å². The standard InChI is InChI=1S/C37H71NO7/c1-4-5-6-7-8-9-10-11-12-13-17-20-23-26-30-43-33-36(45-35(3)41)32-38(28-31-44-34(2)40)37(42)27-24-21-18-15-14-16-19-22-25-29-39/h36,39H,4-33H2,1-3H3. The van der Waals surface area contributed by atoms with Crippen molar-refractivity contribution in [3.05, 3.63) is 0 Å². The maximum Gasteiger partial charge on any atom is 0.303 e. The quantitative estimate of drug-likeness (QED) is 0.0554. The highest BCUT2D eigenvalue weighted by atomic mass is 16.6. The van der Waals surface area contributed by atoms with Gasteiger partial charge in [-0.1, -0.05) is 135 Å². The molecule has 0 saturated heterocycles. The lowest BCUT2D eigenvalue weighted by Crippen LogP contribution is -2.42. The van der Waals surface area contributed by atoms with E-state index < -0.39 is 12.1 Å². The predicted molar refractivity (Wildman–Crippen MR) is 183 cm³/mol. The van der Waals surface area contributed by atoms with E-state index in [0.717, 1.165) is 51.4 Å². The molecular weight excluding hydrogens is 570 g/mol. The maximum atomic E-state index is 13.1. The third kappa shape index (κ3) is 32.1. The summed E-state index contributed by atoms with van der Waals surface area (Å²) >= 11 is 0. The molecule has 0 aliphatic heterocycles. The Hall–Kier alpha value is -1.67. The number of unbranched alkanes of at least 4 members (excludes halogenated alkanes) is 21. The molecule has 0 rings (SSSR count). The van der Waals surface area contributed by atoms with Crippen molar-refractivity contribution in [2.45, 2.75) is 181 Å². The van der Waals surface area contributed by atoms with E-state index in [1.165, 1.54) is 110 Å². The second-order valence-corrected chi connectivity index (χ2v) is 12.7. The van der Waals surface area contributed by atoms with Crippen molar-refractivity contribution >= 4 is 17.8 Å². The first kappa shape index (κ1) is 43.3. The number of rotatable bonds is 34. The largest absolute Gasteiger partial charge is 0.464 e. The summed E-state index contributed by atoms with van der Waals surface area (Å²) in [6, 6.07) is 0. The third-order valence-corrected chi connectivity index (χ3v) is 8.27. The lowest BCUT2D eigenvalue weighted by Gasteiger charge is -2.27. The van der Waals surface area contributed by atoms with Crippen LogP contribution in [-0.2, 0) is 28.6 Å². The van der Waals surface area contributed by atoms with Gasteiger partial charge in [0.1, 0.15) is 12.7 Å². The molecule has 0 aromatic heterocycles. The number of esters is 2. The van der Waals surface area contributed by atoms with Crippen molar-refractivity contribution in [2.24, 2.45) is 0 Å². The molecule has 0 aliphatic carbocycles. The molecule has 1 N–H and O–H groups in total. The molecule has 0 radical (unpaired) electrons. The van der Waals surface area contributed by atoms with Gasteiger partial charge in [0.2, 0.25) is 5.91 Å². The third-order valence-electron chi connectivity index (χ3n) is 8.27. The molecule has 0 aliphatic rings. The van der Waals surface area contributed by atoms with Gasteiger partial charge in [-0.3, -0.25) is 14.4 Å². The number of aliphatic hydroxyl groups excluding tert-OH is 1. The summed E-state index contributed by atoms with van der Waals surface area (Å²) in [6.45, 7) is 6.73. The Balaban J connectivity index is 4.27. The summed E-state index contributed by atoms with van der Waals surface area (Å²) in [4.78, 5) is 37.8. The molecule has 0 saturated carbocycles. The Morgan fingerprint density at radius 2 is 1.07 bits per heavy atom. The van der Waals surface area contributed by atoms with Crippen molar-refractivity contribution in [2.75, 3.05) is 39.5 Å². The molecule has 1 amide bonds. The van der Waals surface area contributed by atoms with Crippen LogP contribution >= 0.6 is 0 Å². The highest BCUT2D eigenvalue weighted by Crippen LogP contribution is 2.14. The second-order valence-electron chi connectivity index (χ2n) is 12.7. The Morgan fingerprint density at radius 1 is 0.600 bits per heavy atom. The van der Waals surface area contributed by atoms with Gasteiger partial charge in [-0.05, 0) is 19.3 Å². The highest BCUT2D eigenvalue weighted by Gasteiger charge is 2.21. The van der Waals surface area contributed by atoms with E-state index in [2.05, 4.69) is 6.92 Å². The Labute approximate surface area is 276 Å². The fourth-order valence-corrected chi connectivity index (χ4v) is 5.62. The van der Waals surface area contributed by atoms with Crippen molar-refractivity contribution in [1.82, 2.24) is 4.90 Å². The number of carbonyl (C=O) groups is 3. The molecular formula is C37H71NO7. The van der Waals surface area contributed by atoms with Crippen LogP contribution in [0.1, 0.15) is 175 Å². The summed E-state index contributed by atoms with van der Waals surface area (Å²) in [7, 11) is 0. The van der Waals surface area contributed by atoms with Gasteiger partial charge < -0.3 is 24.2 Å². The zero-order valence-electron chi connectivity index (χ0n) is 29.6. The average Bonchev–Trinajstić information content (AvgIpc) is 3.00. The highest BCUT2D eigenvalue weighted by molar-refractivity contribution is 5.76. The van der Waals surface area contributed by atoms with Crippen molar-refractivity contribution in [3.8, 4) is 0 Å². The molecule has 0 heterocycles. The summed E-state index contributed by atoms with van der Waals surface area (Å²) in [6.07, 6.45) is 27.8. The summed E-state index contributed by atoms with van der Waals surface area (Å²) in [5.41, 5.74) is 0. The number of carbonyl (C=O) groups excluding carboxylic acids is 3. The van der Waals surface area contributed by atoms with E-state index >= 15 is 0 Å². The van der Waals surface area contributed by atoms with Gasteiger partial charge in [-0.2, -0.15) is 0 Å². The van der Waals surface area contributed by atoms with E-state index in [-0.39, 0.29) is 44.8 Å². The van der Waals surface area contributed by atoms with Crippen LogP contribution in [0.5, 0.6) is 0 Å². The molecule has 0 spiro atoms. The minimum atomic E-state index is -0.554. The Kier molecular flexibility index (Phi) is 32.4. The minimum Gasteiger partial charge on any atom is -0.464 e. The Morgan fingerprint density at radius 3 is 1.53 bits per heavy atom. The molecule has 0 aromatic rings. The van der Waals surface area contributed by atoms with Crippen LogP contribution in [0.15, 0.2) is 0 Å². The minimum absolute atomic E-state index is 0.0183. The van der Waals surface area contributed by atoms with Gasteiger partial charge in [0, 0.05) is 33.5 Å². The molecule has 8 heteroatoms. The van der Waals surface area contributed by atoms with Crippen LogP contribution in [0.2, 0.25) is 0 Å². The lowest BCUT2D eigenvalue weighted by molar-refractivity contribution is -0.153. The van der Waals surface area contributed by atoms with Crippen molar-refractivity contribution in [3.63, 3.8) is 0 Å². The number of hydrogen-bond acceptors (Lipinski definition) is 7. The number of nitrogens with zero attached hydrogens (tertiary/aromatic N) is 1. The van der Waals surface area contributed by atoms with Crippen LogP contribution < -0.4 is 0 Å². The molecule has 0 fully saturated rings. The zero-order chi connectivity index (χ0) is 33.2.